The van der Waals surface area contributed by atoms with Crippen LogP contribution in [0.15, 0.2) is 53.9 Å². The SMILES string of the molecule is COc1cccc([C@@H]2C(C#N)=C(N)Oc3ccccc32)c1OC. The van der Waals surface area contributed by atoms with Crippen molar-refractivity contribution in [3.8, 4) is 23.3 Å². The minimum atomic E-state index is -0.366. The van der Waals surface area contributed by atoms with E-state index in [1.807, 2.05) is 42.5 Å². The van der Waals surface area contributed by atoms with Crippen LogP contribution < -0.4 is 19.9 Å². The molecule has 0 bridgehead atoms. The van der Waals surface area contributed by atoms with Gasteiger partial charge in [0.05, 0.1) is 20.1 Å². The van der Waals surface area contributed by atoms with Gasteiger partial charge in [0, 0.05) is 11.1 Å². The van der Waals surface area contributed by atoms with Gasteiger partial charge in [-0.1, -0.05) is 30.3 Å². The highest BCUT2D eigenvalue weighted by Gasteiger charge is 2.33. The smallest absolute Gasteiger partial charge is 0.205 e. The summed E-state index contributed by atoms with van der Waals surface area (Å²) in [6.45, 7) is 0. The zero-order chi connectivity index (χ0) is 16.4. The molecule has 0 fully saturated rings. The minimum absolute atomic E-state index is 0.112. The fraction of sp³-hybridized carbons (Fsp3) is 0.167. The first kappa shape index (κ1) is 14.8. The van der Waals surface area contributed by atoms with E-state index in [2.05, 4.69) is 6.07 Å². The average molecular weight is 308 g/mol. The maximum absolute atomic E-state index is 9.57. The molecule has 1 atom stereocenters. The molecule has 2 aromatic carbocycles. The standard InChI is InChI=1S/C18H16N2O3/c1-21-15-9-5-7-12(17(15)22-2)16-11-6-3-4-8-14(11)23-18(20)13(16)10-19/h3-9,16H,20H2,1-2H3/t16-/m1/s1. The number of para-hydroxylation sites is 2. The van der Waals surface area contributed by atoms with Crippen LogP contribution in [0, 0.1) is 11.3 Å². The van der Waals surface area contributed by atoms with Crippen LogP contribution in [0.1, 0.15) is 17.0 Å². The molecular formula is C18H16N2O3. The minimum Gasteiger partial charge on any atom is -0.493 e. The summed E-state index contributed by atoms with van der Waals surface area (Å²) in [7, 11) is 3.15. The second-order valence-corrected chi connectivity index (χ2v) is 5.05. The molecule has 0 spiro atoms. The number of allylic oxidation sites excluding steroid dienone is 1. The molecule has 23 heavy (non-hydrogen) atoms. The van der Waals surface area contributed by atoms with Crippen molar-refractivity contribution >= 4 is 0 Å². The van der Waals surface area contributed by atoms with Gasteiger partial charge in [-0.25, -0.2) is 0 Å². The van der Waals surface area contributed by atoms with Gasteiger partial charge in [0.1, 0.15) is 17.4 Å². The van der Waals surface area contributed by atoms with Crippen LogP contribution in [0.5, 0.6) is 17.2 Å². The van der Waals surface area contributed by atoms with Gasteiger partial charge >= 0.3 is 0 Å². The average Bonchev–Trinajstić information content (AvgIpc) is 2.59. The summed E-state index contributed by atoms with van der Waals surface area (Å²) >= 11 is 0. The lowest BCUT2D eigenvalue weighted by Gasteiger charge is -2.27. The maximum atomic E-state index is 9.57. The number of benzene rings is 2. The molecule has 1 heterocycles. The van der Waals surface area contributed by atoms with Crippen LogP contribution >= 0.6 is 0 Å². The highest BCUT2D eigenvalue weighted by molar-refractivity contribution is 5.60. The molecular weight excluding hydrogens is 292 g/mol. The van der Waals surface area contributed by atoms with Gasteiger partial charge in [-0.15, -0.1) is 0 Å². The largest absolute Gasteiger partial charge is 0.493 e. The third kappa shape index (κ3) is 2.34. The number of hydrogen-bond acceptors (Lipinski definition) is 5. The Hall–Kier alpha value is -3.13. The molecule has 5 nitrogen and oxygen atoms in total. The number of nitrogens with zero attached hydrogens (tertiary/aromatic N) is 1. The van der Waals surface area contributed by atoms with Gasteiger partial charge in [0.15, 0.2) is 11.5 Å². The van der Waals surface area contributed by atoms with E-state index in [0.717, 1.165) is 11.1 Å². The highest BCUT2D eigenvalue weighted by atomic mass is 16.5. The zero-order valence-corrected chi connectivity index (χ0v) is 12.9. The van der Waals surface area contributed by atoms with Crippen molar-refractivity contribution in [2.24, 2.45) is 5.73 Å². The Balaban J connectivity index is 2.28. The zero-order valence-electron chi connectivity index (χ0n) is 12.9. The number of nitrogens with two attached hydrogens (primary N) is 1. The van der Waals surface area contributed by atoms with Crippen molar-refractivity contribution in [2.45, 2.75) is 5.92 Å². The molecule has 0 aromatic heterocycles. The Morgan fingerprint density at radius 3 is 2.48 bits per heavy atom. The summed E-state index contributed by atoms with van der Waals surface area (Å²) in [6, 6.07) is 15.3. The molecule has 116 valence electrons. The molecule has 0 saturated carbocycles. The summed E-state index contributed by atoms with van der Waals surface area (Å²) < 4.78 is 16.5. The van der Waals surface area contributed by atoms with Crippen LogP contribution in [-0.4, -0.2) is 14.2 Å². The molecule has 5 heteroatoms. The first-order chi connectivity index (χ1) is 11.2. The monoisotopic (exact) mass is 308 g/mol. The molecule has 1 aliphatic rings. The fourth-order valence-corrected chi connectivity index (χ4v) is 2.87. The van der Waals surface area contributed by atoms with Crippen molar-refractivity contribution in [3.63, 3.8) is 0 Å². The van der Waals surface area contributed by atoms with Crippen molar-refractivity contribution in [2.75, 3.05) is 14.2 Å². The summed E-state index contributed by atoms with van der Waals surface area (Å²) in [5, 5.41) is 9.57. The van der Waals surface area contributed by atoms with Crippen LogP contribution in [0.2, 0.25) is 0 Å². The summed E-state index contributed by atoms with van der Waals surface area (Å²) in [5.74, 6) is 1.57. The topological polar surface area (TPSA) is 77.5 Å². The Bertz CT molecular complexity index is 821. The van der Waals surface area contributed by atoms with Gasteiger partial charge in [-0.05, 0) is 12.1 Å². The third-order valence-electron chi connectivity index (χ3n) is 3.87. The number of ether oxygens (including phenoxy) is 3. The lowest BCUT2D eigenvalue weighted by Crippen LogP contribution is -2.21. The van der Waals surface area contributed by atoms with E-state index in [1.54, 1.807) is 14.2 Å². The number of fused-ring (bicyclic) bond motifs is 1. The summed E-state index contributed by atoms with van der Waals surface area (Å²) in [6.07, 6.45) is 0. The highest BCUT2D eigenvalue weighted by Crippen LogP contribution is 2.46. The quantitative estimate of drug-likeness (QED) is 0.943. The normalized spacial score (nSPS) is 16.1. The van der Waals surface area contributed by atoms with Crippen molar-refractivity contribution in [1.82, 2.24) is 0 Å². The molecule has 0 saturated heterocycles. The maximum Gasteiger partial charge on any atom is 0.205 e. The summed E-state index contributed by atoms with van der Waals surface area (Å²) in [5.41, 5.74) is 7.99. The molecule has 2 N–H and O–H groups in total. The molecule has 3 rings (SSSR count). The fourth-order valence-electron chi connectivity index (χ4n) is 2.87. The van der Waals surface area contributed by atoms with Crippen LogP contribution in [0.25, 0.3) is 0 Å². The second-order valence-electron chi connectivity index (χ2n) is 5.05. The molecule has 0 unspecified atom stereocenters. The van der Waals surface area contributed by atoms with Gasteiger partial charge in [-0.2, -0.15) is 5.26 Å². The van der Waals surface area contributed by atoms with E-state index in [9.17, 15) is 5.26 Å². The first-order valence-electron chi connectivity index (χ1n) is 7.08. The van der Waals surface area contributed by atoms with E-state index in [4.69, 9.17) is 19.9 Å². The number of methoxy groups -OCH3 is 2. The van der Waals surface area contributed by atoms with Crippen molar-refractivity contribution in [3.05, 3.63) is 65.0 Å². The molecule has 2 aromatic rings. The Labute approximate surface area is 134 Å². The van der Waals surface area contributed by atoms with E-state index < -0.39 is 0 Å². The molecule has 0 radical (unpaired) electrons. The van der Waals surface area contributed by atoms with Gasteiger partial charge < -0.3 is 19.9 Å². The predicted molar refractivity (Wildman–Crippen MR) is 85.3 cm³/mol. The third-order valence-corrected chi connectivity index (χ3v) is 3.87. The number of rotatable bonds is 3. The Morgan fingerprint density at radius 1 is 1.04 bits per heavy atom. The Morgan fingerprint density at radius 2 is 1.78 bits per heavy atom. The molecule has 1 aliphatic heterocycles. The van der Waals surface area contributed by atoms with E-state index >= 15 is 0 Å². The second kappa shape index (κ2) is 5.93. The van der Waals surface area contributed by atoms with E-state index in [1.165, 1.54) is 0 Å². The van der Waals surface area contributed by atoms with E-state index in [-0.39, 0.29) is 11.8 Å². The van der Waals surface area contributed by atoms with Gasteiger partial charge in [0.2, 0.25) is 5.88 Å². The number of hydrogen-bond donors (Lipinski definition) is 1. The van der Waals surface area contributed by atoms with Crippen LogP contribution in [0.3, 0.4) is 0 Å². The summed E-state index contributed by atoms with van der Waals surface area (Å²) in [4.78, 5) is 0. The lowest BCUT2D eigenvalue weighted by atomic mass is 9.83. The van der Waals surface area contributed by atoms with Gasteiger partial charge in [-0.3, -0.25) is 0 Å². The van der Waals surface area contributed by atoms with Gasteiger partial charge in [0.25, 0.3) is 0 Å². The van der Waals surface area contributed by atoms with Crippen molar-refractivity contribution in [1.29, 1.82) is 5.26 Å². The van der Waals surface area contributed by atoms with E-state index in [0.29, 0.717) is 22.8 Å². The van der Waals surface area contributed by atoms with Crippen LogP contribution in [0.4, 0.5) is 0 Å². The first-order valence-corrected chi connectivity index (χ1v) is 7.08. The number of nitriles is 1. The van der Waals surface area contributed by atoms with Crippen molar-refractivity contribution < 1.29 is 14.2 Å². The molecule has 0 amide bonds. The van der Waals surface area contributed by atoms with Crippen LogP contribution in [-0.2, 0) is 0 Å². The molecule has 0 aliphatic carbocycles. The Kier molecular flexibility index (Phi) is 3.82. The lowest BCUT2D eigenvalue weighted by molar-refractivity contribution is 0.349. The predicted octanol–water partition coefficient (Wildman–Crippen LogP) is 2.92.